The van der Waals surface area contributed by atoms with E-state index in [9.17, 15) is 4.79 Å². The second kappa shape index (κ2) is 6.37. The van der Waals surface area contributed by atoms with E-state index in [2.05, 4.69) is 28.1 Å². The lowest BCUT2D eigenvalue weighted by Crippen LogP contribution is -2.40. The average Bonchev–Trinajstić information content (AvgIpc) is 2.78. The normalized spacial score (nSPS) is 17.3. The maximum atomic E-state index is 11.7. The highest BCUT2D eigenvalue weighted by Crippen LogP contribution is 2.30. The minimum Gasteiger partial charge on any atom is -0.381 e. The SMILES string of the molecule is O=C(NCCNCO)N[C@@H]1CCc2ccccc21. The molecule has 0 bridgehead atoms. The van der Waals surface area contributed by atoms with Gasteiger partial charge in [-0.05, 0) is 24.0 Å². The van der Waals surface area contributed by atoms with Crippen LogP contribution < -0.4 is 16.0 Å². The third-order valence-corrected chi connectivity index (χ3v) is 3.14. The van der Waals surface area contributed by atoms with E-state index in [0.717, 1.165) is 12.8 Å². The van der Waals surface area contributed by atoms with Gasteiger partial charge in [0.1, 0.15) is 0 Å². The number of carbonyl (C=O) groups excluding carboxylic acids is 1. The Balaban J connectivity index is 1.79. The van der Waals surface area contributed by atoms with Gasteiger partial charge in [0.05, 0.1) is 12.8 Å². The molecule has 18 heavy (non-hydrogen) atoms. The highest BCUT2D eigenvalue weighted by Gasteiger charge is 2.22. The van der Waals surface area contributed by atoms with Crippen molar-refractivity contribution in [2.75, 3.05) is 19.8 Å². The van der Waals surface area contributed by atoms with Gasteiger partial charge in [-0.2, -0.15) is 0 Å². The molecule has 5 heteroatoms. The summed E-state index contributed by atoms with van der Waals surface area (Å²) in [6, 6.07) is 8.17. The molecule has 2 rings (SSSR count). The van der Waals surface area contributed by atoms with Gasteiger partial charge in [-0.15, -0.1) is 0 Å². The Labute approximate surface area is 107 Å². The number of aliphatic hydroxyl groups excluding tert-OH is 1. The Morgan fingerprint density at radius 3 is 3.00 bits per heavy atom. The van der Waals surface area contributed by atoms with Crippen LogP contribution in [0.4, 0.5) is 4.79 Å². The Bertz CT molecular complexity index is 409. The first-order chi connectivity index (χ1) is 8.81. The molecule has 1 atom stereocenters. The average molecular weight is 249 g/mol. The Morgan fingerprint density at radius 1 is 1.33 bits per heavy atom. The lowest BCUT2D eigenvalue weighted by atomic mass is 10.1. The van der Waals surface area contributed by atoms with Crippen LogP contribution in [0.5, 0.6) is 0 Å². The molecule has 1 aromatic carbocycles. The van der Waals surface area contributed by atoms with Gasteiger partial charge in [0.25, 0.3) is 0 Å². The number of nitrogens with one attached hydrogen (secondary N) is 3. The molecule has 0 aromatic heterocycles. The molecule has 2 amide bonds. The topological polar surface area (TPSA) is 73.4 Å². The number of urea groups is 1. The second-order valence-electron chi connectivity index (χ2n) is 4.35. The van der Waals surface area contributed by atoms with Crippen LogP contribution in [0.15, 0.2) is 24.3 Å². The fourth-order valence-electron chi connectivity index (χ4n) is 2.26. The Kier molecular flexibility index (Phi) is 4.55. The van der Waals surface area contributed by atoms with Crippen molar-refractivity contribution >= 4 is 6.03 Å². The third kappa shape index (κ3) is 3.21. The van der Waals surface area contributed by atoms with Crippen LogP contribution >= 0.6 is 0 Å². The highest BCUT2D eigenvalue weighted by atomic mass is 16.3. The summed E-state index contributed by atoms with van der Waals surface area (Å²) in [4.78, 5) is 11.7. The van der Waals surface area contributed by atoms with E-state index in [-0.39, 0.29) is 18.8 Å². The van der Waals surface area contributed by atoms with Gasteiger partial charge in [-0.25, -0.2) is 4.79 Å². The molecule has 0 saturated heterocycles. The molecule has 5 nitrogen and oxygen atoms in total. The molecule has 0 saturated carbocycles. The zero-order chi connectivity index (χ0) is 12.8. The minimum absolute atomic E-state index is 0.0701. The van der Waals surface area contributed by atoms with Crippen LogP contribution in [0.1, 0.15) is 23.6 Å². The number of amides is 2. The van der Waals surface area contributed by atoms with Gasteiger partial charge in [0.15, 0.2) is 0 Å². The highest BCUT2D eigenvalue weighted by molar-refractivity contribution is 5.74. The number of benzene rings is 1. The van der Waals surface area contributed by atoms with Gasteiger partial charge in [-0.3, -0.25) is 5.32 Å². The van der Waals surface area contributed by atoms with Gasteiger partial charge in [-0.1, -0.05) is 24.3 Å². The smallest absolute Gasteiger partial charge is 0.315 e. The van der Waals surface area contributed by atoms with E-state index in [0.29, 0.717) is 13.1 Å². The van der Waals surface area contributed by atoms with Crippen LogP contribution in [0.3, 0.4) is 0 Å². The summed E-state index contributed by atoms with van der Waals surface area (Å²) >= 11 is 0. The van der Waals surface area contributed by atoms with Crippen molar-refractivity contribution in [2.24, 2.45) is 0 Å². The molecule has 0 heterocycles. The number of rotatable bonds is 5. The van der Waals surface area contributed by atoms with E-state index >= 15 is 0 Å². The van der Waals surface area contributed by atoms with Crippen molar-refractivity contribution < 1.29 is 9.90 Å². The quantitative estimate of drug-likeness (QED) is 0.454. The first-order valence-corrected chi connectivity index (χ1v) is 6.25. The fourth-order valence-corrected chi connectivity index (χ4v) is 2.26. The Morgan fingerprint density at radius 2 is 2.17 bits per heavy atom. The molecule has 0 spiro atoms. The largest absolute Gasteiger partial charge is 0.381 e. The second-order valence-corrected chi connectivity index (χ2v) is 4.35. The summed E-state index contributed by atoms with van der Waals surface area (Å²) in [6.07, 6.45) is 1.98. The number of hydrogen-bond donors (Lipinski definition) is 4. The maximum Gasteiger partial charge on any atom is 0.315 e. The molecule has 4 N–H and O–H groups in total. The molecule has 0 radical (unpaired) electrons. The summed E-state index contributed by atoms with van der Waals surface area (Å²) in [5.41, 5.74) is 2.55. The van der Waals surface area contributed by atoms with Crippen LogP contribution in [0, 0.1) is 0 Å². The van der Waals surface area contributed by atoms with Crippen molar-refractivity contribution in [2.45, 2.75) is 18.9 Å². The fraction of sp³-hybridized carbons (Fsp3) is 0.462. The third-order valence-electron chi connectivity index (χ3n) is 3.14. The molecule has 1 aromatic rings. The predicted molar refractivity (Wildman–Crippen MR) is 69.1 cm³/mol. The number of fused-ring (bicyclic) bond motifs is 1. The van der Waals surface area contributed by atoms with Crippen molar-refractivity contribution in [1.29, 1.82) is 0 Å². The molecular weight excluding hydrogens is 230 g/mol. The van der Waals surface area contributed by atoms with E-state index < -0.39 is 0 Å². The minimum atomic E-state index is -0.156. The van der Waals surface area contributed by atoms with Gasteiger partial charge in [0, 0.05) is 13.1 Å². The van der Waals surface area contributed by atoms with E-state index in [1.165, 1.54) is 11.1 Å². The molecule has 1 aliphatic carbocycles. The van der Waals surface area contributed by atoms with Crippen molar-refractivity contribution in [1.82, 2.24) is 16.0 Å². The van der Waals surface area contributed by atoms with Gasteiger partial charge < -0.3 is 15.7 Å². The van der Waals surface area contributed by atoms with Crippen LogP contribution in [-0.4, -0.2) is 31.0 Å². The number of carbonyl (C=O) groups is 1. The summed E-state index contributed by atoms with van der Waals surface area (Å²) in [6.45, 7) is 0.991. The van der Waals surface area contributed by atoms with E-state index in [4.69, 9.17) is 5.11 Å². The van der Waals surface area contributed by atoms with Gasteiger partial charge in [0.2, 0.25) is 0 Å². The molecular formula is C13H19N3O2. The number of aliphatic hydroxyl groups is 1. The molecule has 98 valence electrons. The predicted octanol–water partition coefficient (Wildman–Crippen LogP) is 0.512. The van der Waals surface area contributed by atoms with Gasteiger partial charge >= 0.3 is 6.03 Å². The summed E-state index contributed by atoms with van der Waals surface area (Å²) < 4.78 is 0. The maximum absolute atomic E-state index is 11.7. The lowest BCUT2D eigenvalue weighted by Gasteiger charge is -2.14. The number of aryl methyl sites for hydroxylation is 1. The lowest BCUT2D eigenvalue weighted by molar-refractivity contribution is 0.234. The molecule has 1 aliphatic rings. The van der Waals surface area contributed by atoms with Crippen LogP contribution in [-0.2, 0) is 6.42 Å². The van der Waals surface area contributed by atoms with Crippen molar-refractivity contribution in [3.8, 4) is 0 Å². The van der Waals surface area contributed by atoms with Crippen molar-refractivity contribution in [3.63, 3.8) is 0 Å². The monoisotopic (exact) mass is 249 g/mol. The van der Waals surface area contributed by atoms with E-state index in [1.807, 2.05) is 12.1 Å². The van der Waals surface area contributed by atoms with Crippen LogP contribution in [0.25, 0.3) is 0 Å². The summed E-state index contributed by atoms with van der Waals surface area (Å²) in [5, 5.41) is 17.0. The molecule has 0 aliphatic heterocycles. The first kappa shape index (κ1) is 12.9. The standard InChI is InChI=1S/C13H19N3O2/c17-9-14-7-8-15-13(18)16-12-6-5-10-3-1-2-4-11(10)12/h1-4,12,14,17H,5-9H2,(H2,15,16,18)/t12-/m1/s1. The molecule has 0 fully saturated rings. The van der Waals surface area contributed by atoms with Crippen molar-refractivity contribution in [3.05, 3.63) is 35.4 Å². The summed E-state index contributed by atoms with van der Waals surface area (Å²) in [5.74, 6) is 0. The summed E-state index contributed by atoms with van der Waals surface area (Å²) in [7, 11) is 0. The first-order valence-electron chi connectivity index (χ1n) is 6.25. The molecule has 0 unspecified atom stereocenters. The van der Waals surface area contributed by atoms with E-state index in [1.54, 1.807) is 0 Å². The number of hydrogen-bond acceptors (Lipinski definition) is 3. The zero-order valence-corrected chi connectivity index (χ0v) is 10.3. The zero-order valence-electron chi connectivity index (χ0n) is 10.3. The Hall–Kier alpha value is -1.59. The van der Waals surface area contributed by atoms with Crippen LogP contribution in [0.2, 0.25) is 0 Å².